The number of hydrogen-bond acceptors (Lipinski definition) is 8. The number of carbonyl (C=O) groups excluding carboxylic acids is 4. The Labute approximate surface area is 265 Å². The predicted octanol–water partition coefficient (Wildman–Crippen LogP) is 3.23. The molecule has 2 bridgehead atoms. The lowest BCUT2D eigenvalue weighted by molar-refractivity contribution is -0.124. The van der Waals surface area contributed by atoms with Crippen molar-refractivity contribution in [1.82, 2.24) is 36.0 Å². The van der Waals surface area contributed by atoms with Crippen molar-refractivity contribution in [2.75, 3.05) is 6.54 Å². The number of carbonyl (C=O) groups is 4. The van der Waals surface area contributed by atoms with Gasteiger partial charge in [0, 0.05) is 30.7 Å². The van der Waals surface area contributed by atoms with Gasteiger partial charge in [-0.3, -0.25) is 23.9 Å². The molecule has 0 spiro atoms. The van der Waals surface area contributed by atoms with E-state index in [0.29, 0.717) is 49.5 Å². The van der Waals surface area contributed by atoms with Crippen LogP contribution >= 0.6 is 11.3 Å². The molecule has 0 radical (unpaired) electrons. The van der Waals surface area contributed by atoms with Crippen LogP contribution in [0.5, 0.6) is 0 Å². The summed E-state index contributed by atoms with van der Waals surface area (Å²) < 4.78 is 7.42. The SMILES string of the molecule is CC(C)[C@H]1NC(=O)[C@@H](NC(=O)c2ccc(Cn3cccn3)o2)CCCCNC(=O)[C@@H](Cc2ccccc2)NC(=O)c2csc1n2. The fourth-order valence-electron chi connectivity index (χ4n) is 5.04. The molecule has 4 heterocycles. The lowest BCUT2D eigenvalue weighted by Crippen LogP contribution is -2.49. The second-order valence-corrected chi connectivity index (χ2v) is 12.2. The third-order valence-electron chi connectivity index (χ3n) is 7.49. The van der Waals surface area contributed by atoms with E-state index in [1.54, 1.807) is 40.7 Å². The molecule has 45 heavy (non-hydrogen) atoms. The van der Waals surface area contributed by atoms with Crippen molar-refractivity contribution >= 4 is 35.0 Å². The molecule has 1 aliphatic heterocycles. The van der Waals surface area contributed by atoms with Crippen molar-refractivity contribution in [1.29, 1.82) is 0 Å². The fourth-order valence-corrected chi connectivity index (χ4v) is 6.06. The van der Waals surface area contributed by atoms with Gasteiger partial charge in [0.15, 0.2) is 5.76 Å². The minimum absolute atomic E-state index is 0.0576. The Bertz CT molecular complexity index is 1600. The molecule has 4 amide bonds. The highest BCUT2D eigenvalue weighted by molar-refractivity contribution is 7.09. The Morgan fingerprint density at radius 1 is 1.07 bits per heavy atom. The molecular weight excluding hydrogens is 594 g/mol. The lowest BCUT2D eigenvalue weighted by atomic mass is 10.0. The molecule has 5 rings (SSSR count). The largest absolute Gasteiger partial charge is 0.454 e. The molecule has 4 aromatic rings. The van der Waals surface area contributed by atoms with Crippen LogP contribution in [0.2, 0.25) is 0 Å². The van der Waals surface area contributed by atoms with Crippen LogP contribution < -0.4 is 21.3 Å². The van der Waals surface area contributed by atoms with Crippen molar-refractivity contribution in [2.24, 2.45) is 5.92 Å². The Hall–Kier alpha value is -4.78. The van der Waals surface area contributed by atoms with Crippen molar-refractivity contribution < 1.29 is 23.6 Å². The van der Waals surface area contributed by atoms with Crippen LogP contribution in [0.1, 0.15) is 76.5 Å². The number of rotatable bonds is 7. The molecule has 0 saturated carbocycles. The zero-order valence-electron chi connectivity index (χ0n) is 25.2. The molecule has 3 atom stereocenters. The summed E-state index contributed by atoms with van der Waals surface area (Å²) in [5.41, 5.74) is 1.08. The summed E-state index contributed by atoms with van der Waals surface area (Å²) in [5, 5.41) is 18.0. The van der Waals surface area contributed by atoms with Crippen molar-refractivity contribution in [3.8, 4) is 0 Å². The molecule has 4 N–H and O–H groups in total. The second-order valence-electron chi connectivity index (χ2n) is 11.3. The smallest absolute Gasteiger partial charge is 0.287 e. The zero-order chi connectivity index (χ0) is 31.8. The van der Waals surface area contributed by atoms with Crippen LogP contribution in [0, 0.1) is 5.92 Å². The third kappa shape index (κ3) is 8.44. The highest BCUT2D eigenvalue weighted by atomic mass is 32.1. The van der Waals surface area contributed by atoms with Gasteiger partial charge in [0.2, 0.25) is 11.8 Å². The van der Waals surface area contributed by atoms with E-state index in [1.807, 2.05) is 44.2 Å². The van der Waals surface area contributed by atoms with Crippen LogP contribution in [0.15, 0.2) is 70.7 Å². The molecule has 236 valence electrons. The van der Waals surface area contributed by atoms with Gasteiger partial charge in [0.05, 0.1) is 12.6 Å². The highest BCUT2D eigenvalue weighted by Crippen LogP contribution is 2.26. The van der Waals surface area contributed by atoms with Gasteiger partial charge >= 0.3 is 0 Å². The minimum Gasteiger partial charge on any atom is -0.454 e. The molecule has 0 saturated heterocycles. The molecule has 0 unspecified atom stereocenters. The Morgan fingerprint density at radius 2 is 1.89 bits per heavy atom. The molecule has 0 fully saturated rings. The van der Waals surface area contributed by atoms with Gasteiger partial charge in [0.1, 0.15) is 28.5 Å². The Balaban J connectivity index is 1.33. The maximum Gasteiger partial charge on any atom is 0.287 e. The lowest BCUT2D eigenvalue weighted by Gasteiger charge is -2.25. The topological polar surface area (TPSA) is 160 Å². The maximum absolute atomic E-state index is 13.6. The number of aromatic nitrogens is 3. The first-order valence-corrected chi connectivity index (χ1v) is 15.9. The summed E-state index contributed by atoms with van der Waals surface area (Å²) in [4.78, 5) is 57.8. The van der Waals surface area contributed by atoms with Crippen LogP contribution in [-0.2, 0) is 22.6 Å². The van der Waals surface area contributed by atoms with E-state index >= 15 is 0 Å². The molecule has 1 aliphatic rings. The van der Waals surface area contributed by atoms with Gasteiger partial charge in [-0.2, -0.15) is 5.10 Å². The van der Waals surface area contributed by atoms with E-state index in [2.05, 4.69) is 31.3 Å². The minimum atomic E-state index is -0.865. The van der Waals surface area contributed by atoms with E-state index in [1.165, 1.54) is 11.3 Å². The predicted molar refractivity (Wildman–Crippen MR) is 167 cm³/mol. The summed E-state index contributed by atoms with van der Waals surface area (Å²) in [6.07, 6.45) is 5.22. The number of nitrogens with one attached hydrogen (secondary N) is 4. The Morgan fingerprint density at radius 3 is 2.64 bits per heavy atom. The van der Waals surface area contributed by atoms with E-state index < -0.39 is 29.9 Å². The maximum atomic E-state index is 13.6. The summed E-state index contributed by atoms with van der Waals surface area (Å²) in [6, 6.07) is 12.4. The van der Waals surface area contributed by atoms with Crippen LogP contribution in [0.25, 0.3) is 0 Å². The number of nitrogens with zero attached hydrogens (tertiary/aromatic N) is 3. The number of amides is 4. The van der Waals surface area contributed by atoms with Gasteiger partial charge in [-0.25, -0.2) is 4.98 Å². The van der Waals surface area contributed by atoms with E-state index in [9.17, 15) is 19.2 Å². The van der Waals surface area contributed by atoms with Crippen LogP contribution in [0.3, 0.4) is 0 Å². The number of benzene rings is 1. The average Bonchev–Trinajstić information content (AvgIpc) is 3.82. The Kier molecular flexibility index (Phi) is 10.4. The molecule has 1 aromatic carbocycles. The van der Waals surface area contributed by atoms with Gasteiger partial charge in [-0.15, -0.1) is 11.3 Å². The third-order valence-corrected chi connectivity index (χ3v) is 8.42. The number of hydrogen-bond donors (Lipinski definition) is 4. The molecule has 0 aliphatic carbocycles. The summed E-state index contributed by atoms with van der Waals surface area (Å²) in [5.74, 6) is -1.07. The second kappa shape index (κ2) is 14.8. The first kappa shape index (κ1) is 31.6. The number of fused-ring (bicyclic) bond motifs is 2. The average molecular weight is 632 g/mol. The van der Waals surface area contributed by atoms with E-state index in [-0.39, 0.29) is 29.2 Å². The monoisotopic (exact) mass is 631 g/mol. The zero-order valence-corrected chi connectivity index (χ0v) is 26.0. The normalized spacial score (nSPS) is 19.9. The van der Waals surface area contributed by atoms with Gasteiger partial charge in [-0.05, 0) is 48.9 Å². The quantitative estimate of drug-likeness (QED) is 0.244. The van der Waals surface area contributed by atoms with Crippen molar-refractivity contribution in [3.63, 3.8) is 0 Å². The number of furan rings is 1. The van der Waals surface area contributed by atoms with Crippen molar-refractivity contribution in [3.05, 3.63) is 94.1 Å². The number of thiazole rings is 1. The van der Waals surface area contributed by atoms with E-state index in [4.69, 9.17) is 4.42 Å². The molecular formula is C32H37N7O5S. The summed E-state index contributed by atoms with van der Waals surface area (Å²) in [7, 11) is 0. The highest BCUT2D eigenvalue weighted by Gasteiger charge is 2.30. The fraction of sp³-hybridized carbons (Fsp3) is 0.375. The van der Waals surface area contributed by atoms with Gasteiger partial charge in [0.25, 0.3) is 11.8 Å². The summed E-state index contributed by atoms with van der Waals surface area (Å²) in [6.45, 7) is 4.60. The van der Waals surface area contributed by atoms with Crippen LogP contribution in [0.4, 0.5) is 0 Å². The standard InChI is InChI=1S/C32H37N7O5S/c1-20(2)27-32-37-25(19-45-32)30(42)36-24(17-21-9-4-3-5-10-21)28(40)33-14-7-6-11-23(29(41)38-27)35-31(43)26-13-12-22(44-26)18-39-16-8-15-34-39/h3-5,8-10,12-13,15-16,19-20,23-24,27H,6-7,11,14,17-18H2,1-2H3,(H,33,40)(H,35,43)(H,36,42)(H,38,41)/t23-,24+,27+/m0/s1. The summed E-state index contributed by atoms with van der Waals surface area (Å²) >= 11 is 1.26. The molecule has 3 aromatic heterocycles. The molecule has 13 heteroatoms. The first-order chi connectivity index (χ1) is 21.8. The van der Waals surface area contributed by atoms with Crippen LogP contribution in [-0.4, -0.2) is 57.0 Å². The van der Waals surface area contributed by atoms with Crippen molar-refractivity contribution in [2.45, 2.75) is 64.2 Å². The van der Waals surface area contributed by atoms with Gasteiger partial charge in [-0.1, -0.05) is 44.2 Å². The van der Waals surface area contributed by atoms with E-state index in [0.717, 1.165) is 5.56 Å². The van der Waals surface area contributed by atoms with Gasteiger partial charge < -0.3 is 25.7 Å². The first-order valence-electron chi connectivity index (χ1n) is 15.0. The molecule has 12 nitrogen and oxygen atoms in total.